The van der Waals surface area contributed by atoms with E-state index in [1.165, 1.54) is 11.1 Å². The van der Waals surface area contributed by atoms with Gasteiger partial charge in [0, 0.05) is 12.6 Å². The van der Waals surface area contributed by atoms with Gasteiger partial charge in [-0.1, -0.05) is 42.0 Å². The smallest absolute Gasteiger partial charge is 0.0983 e. The fraction of sp³-hybridized carbons (Fsp3) is 0.400. The first-order chi connectivity index (χ1) is 8.38. The van der Waals surface area contributed by atoms with Crippen molar-refractivity contribution >= 4 is 6.08 Å². The summed E-state index contributed by atoms with van der Waals surface area (Å²) < 4.78 is 0. The van der Waals surface area contributed by atoms with Crippen LogP contribution < -0.4 is 0 Å². The Bertz CT molecular complexity index is 469. The minimum Gasteiger partial charge on any atom is -0.281 e. The Balaban J connectivity index is 1.84. The second-order valence-electron chi connectivity index (χ2n) is 4.86. The average molecular weight is 224 g/mol. The molecule has 1 aromatic carbocycles. The lowest BCUT2D eigenvalue weighted by Crippen LogP contribution is -2.30. The first-order valence-electron chi connectivity index (χ1n) is 6.29. The van der Waals surface area contributed by atoms with Crippen molar-refractivity contribution < 1.29 is 0 Å². The molecular weight excluding hydrogens is 208 g/mol. The maximum Gasteiger partial charge on any atom is 0.0983 e. The van der Waals surface area contributed by atoms with E-state index in [2.05, 4.69) is 41.3 Å². The maximum atomic E-state index is 9.08. The molecule has 0 N–H and O–H groups in total. The van der Waals surface area contributed by atoms with Crippen molar-refractivity contribution in [3.8, 4) is 6.07 Å². The summed E-state index contributed by atoms with van der Waals surface area (Å²) in [5.74, 6) is 0. The lowest BCUT2D eigenvalue weighted by Gasteiger charge is -2.17. The van der Waals surface area contributed by atoms with Gasteiger partial charge in [-0.3, -0.25) is 4.90 Å². The minimum absolute atomic E-state index is 0.154. The third-order valence-electron chi connectivity index (χ3n) is 3.90. The Morgan fingerprint density at radius 3 is 2.82 bits per heavy atom. The Morgan fingerprint density at radius 1 is 1.24 bits per heavy atom. The van der Waals surface area contributed by atoms with Crippen LogP contribution in [0.3, 0.4) is 0 Å². The quantitative estimate of drug-likeness (QED) is 0.733. The van der Waals surface area contributed by atoms with Crippen LogP contribution in [0.2, 0.25) is 0 Å². The normalized spacial score (nSPS) is 30.4. The maximum absolute atomic E-state index is 9.08. The molecule has 0 radical (unpaired) electrons. The van der Waals surface area contributed by atoms with Crippen molar-refractivity contribution in [2.75, 3.05) is 6.54 Å². The predicted molar refractivity (Wildman–Crippen MR) is 68.2 cm³/mol. The molecule has 3 rings (SSSR count). The molecule has 0 aromatic heterocycles. The molecule has 0 saturated carbocycles. The lowest BCUT2D eigenvalue weighted by molar-refractivity contribution is 0.295. The van der Waals surface area contributed by atoms with Crippen LogP contribution in [-0.2, 0) is 0 Å². The van der Waals surface area contributed by atoms with Crippen molar-refractivity contribution in [2.24, 2.45) is 0 Å². The van der Waals surface area contributed by atoms with E-state index < -0.39 is 0 Å². The van der Waals surface area contributed by atoms with Crippen molar-refractivity contribution in [1.82, 2.24) is 4.90 Å². The van der Waals surface area contributed by atoms with E-state index in [1.807, 2.05) is 6.07 Å². The van der Waals surface area contributed by atoms with Gasteiger partial charge >= 0.3 is 0 Å². The Hall–Kier alpha value is -1.59. The third-order valence-corrected chi connectivity index (χ3v) is 3.90. The highest BCUT2D eigenvalue weighted by molar-refractivity contribution is 5.55. The molecule has 2 aliphatic rings. The number of nitrogens with zero attached hydrogens (tertiary/aromatic N) is 2. The Morgan fingerprint density at radius 2 is 2.06 bits per heavy atom. The zero-order valence-corrected chi connectivity index (χ0v) is 9.84. The van der Waals surface area contributed by atoms with Gasteiger partial charge in [-0.2, -0.15) is 5.26 Å². The molecule has 2 heterocycles. The summed E-state index contributed by atoms with van der Waals surface area (Å²) in [6.45, 7) is 1.06. The zero-order chi connectivity index (χ0) is 11.7. The predicted octanol–water partition coefficient (Wildman–Crippen LogP) is 2.83. The van der Waals surface area contributed by atoms with Gasteiger partial charge in [0.1, 0.15) is 0 Å². The molecule has 1 aromatic rings. The monoisotopic (exact) mass is 224 g/mol. The number of rotatable bonds is 1. The molecule has 0 spiro atoms. The van der Waals surface area contributed by atoms with E-state index in [1.54, 1.807) is 0 Å². The highest BCUT2D eigenvalue weighted by Crippen LogP contribution is 2.36. The lowest BCUT2D eigenvalue weighted by atomic mass is 10.0. The highest BCUT2D eigenvalue weighted by Gasteiger charge is 2.39. The molecule has 0 bridgehead atoms. The summed E-state index contributed by atoms with van der Waals surface area (Å²) >= 11 is 0. The third kappa shape index (κ3) is 1.87. The molecule has 0 amide bonds. The van der Waals surface area contributed by atoms with Gasteiger partial charge in [-0.25, -0.2) is 0 Å². The molecule has 0 aliphatic carbocycles. The first kappa shape index (κ1) is 10.6. The van der Waals surface area contributed by atoms with E-state index in [0.717, 1.165) is 25.8 Å². The van der Waals surface area contributed by atoms with Gasteiger partial charge in [0.15, 0.2) is 0 Å². The standard InChI is InChI=1S/C15H16N2/c16-11-14-6-7-15-13(8-9-17(14)15)10-12-4-2-1-3-5-12/h1-5,10,14-15H,6-9H2/b13-10-/t14-,15+/m0/s1. The van der Waals surface area contributed by atoms with Crippen LogP contribution in [-0.4, -0.2) is 23.5 Å². The second-order valence-corrected chi connectivity index (χ2v) is 4.86. The molecule has 17 heavy (non-hydrogen) atoms. The van der Waals surface area contributed by atoms with Crippen LogP contribution >= 0.6 is 0 Å². The van der Waals surface area contributed by atoms with Gasteiger partial charge in [0.05, 0.1) is 12.1 Å². The van der Waals surface area contributed by atoms with Crippen LogP contribution in [0, 0.1) is 11.3 Å². The summed E-state index contributed by atoms with van der Waals surface area (Å²) in [6.07, 6.45) is 5.62. The molecule has 2 atom stereocenters. The van der Waals surface area contributed by atoms with Crippen LogP contribution in [0.25, 0.3) is 6.08 Å². The molecule has 86 valence electrons. The number of hydrogen-bond donors (Lipinski definition) is 0. The van der Waals surface area contributed by atoms with Crippen LogP contribution in [0.1, 0.15) is 24.8 Å². The fourth-order valence-electron chi connectivity index (χ4n) is 3.07. The van der Waals surface area contributed by atoms with Crippen LogP contribution in [0.4, 0.5) is 0 Å². The van der Waals surface area contributed by atoms with Gasteiger partial charge < -0.3 is 0 Å². The number of nitriles is 1. The molecule has 2 nitrogen and oxygen atoms in total. The Labute approximate surface area is 102 Å². The number of hydrogen-bond acceptors (Lipinski definition) is 2. The van der Waals surface area contributed by atoms with E-state index >= 15 is 0 Å². The topological polar surface area (TPSA) is 27.0 Å². The molecular formula is C15H16N2. The summed E-state index contributed by atoms with van der Waals surface area (Å²) in [6, 6.07) is 13.6. The van der Waals surface area contributed by atoms with Crippen molar-refractivity contribution in [2.45, 2.75) is 31.3 Å². The van der Waals surface area contributed by atoms with E-state index in [-0.39, 0.29) is 6.04 Å². The largest absolute Gasteiger partial charge is 0.281 e. The first-order valence-corrected chi connectivity index (χ1v) is 6.29. The number of benzene rings is 1. The van der Waals surface area contributed by atoms with E-state index in [0.29, 0.717) is 6.04 Å². The van der Waals surface area contributed by atoms with E-state index in [9.17, 15) is 0 Å². The summed E-state index contributed by atoms with van der Waals surface area (Å²) in [5.41, 5.74) is 2.79. The summed E-state index contributed by atoms with van der Waals surface area (Å²) in [5, 5.41) is 9.08. The average Bonchev–Trinajstić information content (AvgIpc) is 2.93. The SMILES string of the molecule is N#C[C@@H]1CC[C@@H]2/C(=C\c3ccccc3)CCN12. The Kier molecular flexibility index (Phi) is 2.70. The molecule has 2 fully saturated rings. The highest BCUT2D eigenvalue weighted by atomic mass is 15.2. The van der Waals surface area contributed by atoms with Crippen molar-refractivity contribution in [1.29, 1.82) is 5.26 Å². The van der Waals surface area contributed by atoms with Gasteiger partial charge in [-0.05, 0) is 24.8 Å². The summed E-state index contributed by atoms with van der Waals surface area (Å²) in [4.78, 5) is 2.37. The fourth-order valence-corrected chi connectivity index (χ4v) is 3.07. The van der Waals surface area contributed by atoms with E-state index in [4.69, 9.17) is 5.26 Å². The minimum atomic E-state index is 0.154. The van der Waals surface area contributed by atoms with Crippen LogP contribution in [0.5, 0.6) is 0 Å². The van der Waals surface area contributed by atoms with Crippen LogP contribution in [0.15, 0.2) is 35.9 Å². The number of fused-ring (bicyclic) bond motifs is 1. The van der Waals surface area contributed by atoms with Gasteiger partial charge in [-0.15, -0.1) is 0 Å². The zero-order valence-electron chi connectivity index (χ0n) is 9.84. The van der Waals surface area contributed by atoms with Gasteiger partial charge in [0.25, 0.3) is 0 Å². The van der Waals surface area contributed by atoms with Crippen molar-refractivity contribution in [3.63, 3.8) is 0 Å². The second kappa shape index (κ2) is 4.35. The summed E-state index contributed by atoms with van der Waals surface area (Å²) in [7, 11) is 0. The van der Waals surface area contributed by atoms with Crippen molar-refractivity contribution in [3.05, 3.63) is 41.5 Å². The molecule has 2 saturated heterocycles. The molecule has 2 heteroatoms. The van der Waals surface area contributed by atoms with Gasteiger partial charge in [0.2, 0.25) is 0 Å². The molecule has 2 aliphatic heterocycles. The molecule has 0 unspecified atom stereocenters.